The number of nitrogens with zero attached hydrogens (tertiary/aromatic N) is 1. The third-order valence-corrected chi connectivity index (χ3v) is 4.70. The SMILES string of the molecule is CC(CCNC(=O)c1csc(CCN)n1)c1cccc(C(F)(F)F)c1.Cl. The molecule has 144 valence electrons. The van der Waals surface area contributed by atoms with E-state index in [9.17, 15) is 18.0 Å². The Balaban J connectivity index is 0.00000338. The van der Waals surface area contributed by atoms with Gasteiger partial charge in [-0.2, -0.15) is 13.2 Å². The van der Waals surface area contributed by atoms with Crippen molar-refractivity contribution in [2.45, 2.75) is 31.9 Å². The summed E-state index contributed by atoms with van der Waals surface area (Å²) in [7, 11) is 0. The van der Waals surface area contributed by atoms with Gasteiger partial charge in [0.2, 0.25) is 0 Å². The molecule has 26 heavy (non-hydrogen) atoms. The summed E-state index contributed by atoms with van der Waals surface area (Å²) in [6.45, 7) is 2.67. The molecule has 1 aromatic carbocycles. The zero-order valence-electron chi connectivity index (χ0n) is 14.2. The first-order valence-corrected chi connectivity index (χ1v) is 8.79. The molecule has 1 aromatic heterocycles. The third kappa shape index (κ3) is 6.26. The fourth-order valence-corrected chi connectivity index (χ4v) is 3.13. The minimum atomic E-state index is -4.35. The van der Waals surface area contributed by atoms with Gasteiger partial charge in [-0.05, 0) is 30.5 Å². The number of thiazole rings is 1. The molecular formula is C17H21ClF3N3OS. The van der Waals surface area contributed by atoms with Crippen LogP contribution in [0.4, 0.5) is 13.2 Å². The van der Waals surface area contributed by atoms with Gasteiger partial charge < -0.3 is 11.1 Å². The molecule has 0 aliphatic carbocycles. The van der Waals surface area contributed by atoms with Crippen molar-refractivity contribution in [3.8, 4) is 0 Å². The number of carbonyl (C=O) groups excluding carboxylic acids is 1. The first-order valence-electron chi connectivity index (χ1n) is 7.91. The van der Waals surface area contributed by atoms with E-state index in [0.29, 0.717) is 37.2 Å². The standard InChI is InChI=1S/C17H20F3N3OS.ClH/c1-11(12-3-2-4-13(9-12)17(18,19)20)6-8-22-16(24)14-10-25-15(23-14)5-7-21;/h2-4,9-11H,5-8,21H2,1H3,(H,22,24);1H. The third-order valence-electron chi connectivity index (χ3n) is 3.79. The summed E-state index contributed by atoms with van der Waals surface area (Å²) in [5.41, 5.74) is 5.74. The molecule has 2 rings (SSSR count). The van der Waals surface area contributed by atoms with Crippen molar-refractivity contribution < 1.29 is 18.0 Å². The van der Waals surface area contributed by atoms with Crippen LogP contribution in [-0.2, 0) is 12.6 Å². The number of aromatic nitrogens is 1. The van der Waals surface area contributed by atoms with E-state index in [2.05, 4.69) is 10.3 Å². The zero-order valence-corrected chi connectivity index (χ0v) is 15.8. The second kappa shape index (κ2) is 9.89. The number of alkyl halides is 3. The lowest BCUT2D eigenvalue weighted by atomic mass is 9.96. The monoisotopic (exact) mass is 407 g/mol. The minimum Gasteiger partial charge on any atom is -0.351 e. The minimum absolute atomic E-state index is 0. The zero-order chi connectivity index (χ0) is 18.4. The molecule has 1 unspecified atom stereocenters. The molecule has 0 saturated carbocycles. The Hall–Kier alpha value is -1.64. The molecule has 3 N–H and O–H groups in total. The summed E-state index contributed by atoms with van der Waals surface area (Å²) < 4.78 is 38.3. The lowest BCUT2D eigenvalue weighted by molar-refractivity contribution is -0.137. The van der Waals surface area contributed by atoms with Crippen molar-refractivity contribution >= 4 is 29.7 Å². The van der Waals surface area contributed by atoms with Crippen molar-refractivity contribution in [2.24, 2.45) is 5.73 Å². The highest BCUT2D eigenvalue weighted by molar-refractivity contribution is 7.09. The predicted octanol–water partition coefficient (Wildman–Crippen LogP) is 4.01. The lowest BCUT2D eigenvalue weighted by Crippen LogP contribution is -2.25. The molecule has 0 radical (unpaired) electrons. The summed E-state index contributed by atoms with van der Waals surface area (Å²) in [6, 6.07) is 5.29. The van der Waals surface area contributed by atoms with E-state index in [4.69, 9.17) is 5.73 Å². The summed E-state index contributed by atoms with van der Waals surface area (Å²) in [4.78, 5) is 16.2. The molecule has 2 aromatic rings. The van der Waals surface area contributed by atoms with Crippen LogP contribution in [0.15, 0.2) is 29.6 Å². The average Bonchev–Trinajstić information content (AvgIpc) is 3.03. The van der Waals surface area contributed by atoms with Gasteiger partial charge in [0, 0.05) is 18.3 Å². The molecule has 0 aliphatic rings. The first-order chi connectivity index (χ1) is 11.8. The molecule has 0 aliphatic heterocycles. The first kappa shape index (κ1) is 22.4. The number of hydrogen-bond acceptors (Lipinski definition) is 4. The van der Waals surface area contributed by atoms with Crippen LogP contribution >= 0.6 is 23.7 Å². The number of hydrogen-bond donors (Lipinski definition) is 2. The molecule has 0 spiro atoms. The quantitative estimate of drug-likeness (QED) is 0.728. The van der Waals surface area contributed by atoms with Crippen LogP contribution in [-0.4, -0.2) is 24.0 Å². The van der Waals surface area contributed by atoms with E-state index in [0.717, 1.165) is 17.1 Å². The Morgan fingerprint density at radius 3 is 2.77 bits per heavy atom. The van der Waals surface area contributed by atoms with E-state index in [-0.39, 0.29) is 24.2 Å². The van der Waals surface area contributed by atoms with Crippen molar-refractivity contribution in [3.63, 3.8) is 0 Å². The Kier molecular flexibility index (Phi) is 8.52. The van der Waals surface area contributed by atoms with Gasteiger partial charge in [-0.25, -0.2) is 4.98 Å². The lowest BCUT2D eigenvalue weighted by Gasteiger charge is -2.14. The summed E-state index contributed by atoms with van der Waals surface area (Å²) in [6.07, 6.45) is -3.19. The molecule has 1 amide bonds. The molecule has 1 heterocycles. The van der Waals surface area contributed by atoms with Crippen LogP contribution in [0.25, 0.3) is 0 Å². The molecular weight excluding hydrogens is 387 g/mol. The Bertz CT molecular complexity index is 721. The summed E-state index contributed by atoms with van der Waals surface area (Å²) in [5, 5.41) is 5.24. The maximum atomic E-state index is 12.8. The number of halogens is 4. The van der Waals surface area contributed by atoms with Crippen LogP contribution in [0.3, 0.4) is 0 Å². The molecule has 9 heteroatoms. The van der Waals surface area contributed by atoms with Gasteiger partial charge in [-0.3, -0.25) is 4.79 Å². The summed E-state index contributed by atoms with van der Waals surface area (Å²) >= 11 is 1.38. The highest BCUT2D eigenvalue weighted by Crippen LogP contribution is 2.31. The second-order valence-corrected chi connectivity index (χ2v) is 6.68. The van der Waals surface area contributed by atoms with Gasteiger partial charge in [-0.1, -0.05) is 25.1 Å². The normalized spacial score (nSPS) is 12.3. The number of nitrogens with one attached hydrogen (secondary N) is 1. The average molecular weight is 408 g/mol. The maximum absolute atomic E-state index is 12.8. The largest absolute Gasteiger partial charge is 0.416 e. The van der Waals surface area contributed by atoms with Crippen molar-refractivity contribution in [2.75, 3.05) is 13.1 Å². The predicted molar refractivity (Wildman–Crippen MR) is 98.9 cm³/mol. The smallest absolute Gasteiger partial charge is 0.351 e. The van der Waals surface area contributed by atoms with Gasteiger partial charge in [0.25, 0.3) is 5.91 Å². The van der Waals surface area contributed by atoms with Gasteiger partial charge in [-0.15, -0.1) is 23.7 Å². The highest BCUT2D eigenvalue weighted by atomic mass is 35.5. The topological polar surface area (TPSA) is 68.0 Å². The van der Waals surface area contributed by atoms with E-state index in [1.165, 1.54) is 17.4 Å². The Morgan fingerprint density at radius 1 is 1.38 bits per heavy atom. The fraction of sp³-hybridized carbons (Fsp3) is 0.412. The second-order valence-electron chi connectivity index (χ2n) is 5.73. The number of carbonyl (C=O) groups is 1. The van der Waals surface area contributed by atoms with Gasteiger partial charge in [0.1, 0.15) is 5.69 Å². The number of rotatable bonds is 7. The molecule has 4 nitrogen and oxygen atoms in total. The maximum Gasteiger partial charge on any atom is 0.416 e. The number of benzene rings is 1. The fourth-order valence-electron chi connectivity index (χ4n) is 2.33. The van der Waals surface area contributed by atoms with Gasteiger partial charge >= 0.3 is 6.18 Å². The van der Waals surface area contributed by atoms with Crippen molar-refractivity contribution in [1.82, 2.24) is 10.3 Å². The van der Waals surface area contributed by atoms with Crippen LogP contribution in [0.2, 0.25) is 0 Å². The molecule has 0 saturated heterocycles. The Morgan fingerprint density at radius 2 is 2.12 bits per heavy atom. The van der Waals surface area contributed by atoms with E-state index < -0.39 is 11.7 Å². The van der Waals surface area contributed by atoms with Crippen molar-refractivity contribution in [3.05, 3.63) is 51.5 Å². The summed E-state index contributed by atoms with van der Waals surface area (Å²) in [5.74, 6) is -0.387. The highest BCUT2D eigenvalue weighted by Gasteiger charge is 2.30. The van der Waals surface area contributed by atoms with Crippen LogP contribution in [0.5, 0.6) is 0 Å². The van der Waals surface area contributed by atoms with Gasteiger partial charge in [0.05, 0.1) is 10.6 Å². The van der Waals surface area contributed by atoms with E-state index in [1.54, 1.807) is 11.4 Å². The molecule has 1 atom stereocenters. The van der Waals surface area contributed by atoms with E-state index >= 15 is 0 Å². The number of amides is 1. The molecule has 0 fully saturated rings. The van der Waals surface area contributed by atoms with Gasteiger partial charge in [0.15, 0.2) is 0 Å². The Labute approximate surface area is 160 Å². The van der Waals surface area contributed by atoms with Crippen molar-refractivity contribution in [1.29, 1.82) is 0 Å². The molecule has 0 bridgehead atoms. The van der Waals surface area contributed by atoms with Crippen LogP contribution in [0.1, 0.15) is 45.9 Å². The number of nitrogens with two attached hydrogens (primary N) is 1. The van der Waals surface area contributed by atoms with Crippen LogP contribution in [0, 0.1) is 0 Å². The van der Waals surface area contributed by atoms with Crippen LogP contribution < -0.4 is 11.1 Å². The van der Waals surface area contributed by atoms with E-state index in [1.807, 2.05) is 6.92 Å².